The fourth-order valence-corrected chi connectivity index (χ4v) is 2.03. The van der Waals surface area contributed by atoms with Gasteiger partial charge >= 0.3 is 0 Å². The molecule has 1 rings (SSSR count). The average molecular weight is 291 g/mol. The van der Waals surface area contributed by atoms with E-state index in [-0.39, 0.29) is 0 Å². The van der Waals surface area contributed by atoms with E-state index in [1.54, 1.807) is 7.11 Å². The Kier molecular flexibility index (Phi) is 9.09. The number of ether oxygens (including phenoxy) is 1. The van der Waals surface area contributed by atoms with Gasteiger partial charge in [-0.1, -0.05) is 25.5 Å². The smallest absolute Gasteiger partial charge is 0.191 e. The molecular formula is C17H29N3O. The van der Waals surface area contributed by atoms with Crippen molar-refractivity contribution < 1.29 is 4.74 Å². The van der Waals surface area contributed by atoms with Gasteiger partial charge < -0.3 is 15.4 Å². The van der Waals surface area contributed by atoms with Gasteiger partial charge in [-0.25, -0.2) is 0 Å². The highest BCUT2D eigenvalue weighted by atomic mass is 16.5. The summed E-state index contributed by atoms with van der Waals surface area (Å²) in [7, 11) is 1.70. The number of hydrogen-bond acceptors (Lipinski definition) is 2. The summed E-state index contributed by atoms with van der Waals surface area (Å²) in [5.41, 5.74) is 1.30. The van der Waals surface area contributed by atoms with E-state index in [0.29, 0.717) is 0 Å². The first kappa shape index (κ1) is 17.3. The van der Waals surface area contributed by atoms with E-state index in [4.69, 9.17) is 4.74 Å². The maximum absolute atomic E-state index is 5.24. The topological polar surface area (TPSA) is 45.7 Å². The Labute approximate surface area is 129 Å². The van der Waals surface area contributed by atoms with Crippen molar-refractivity contribution in [3.63, 3.8) is 0 Å². The molecule has 4 nitrogen and oxygen atoms in total. The minimum atomic E-state index is 0.832. The van der Waals surface area contributed by atoms with Crippen LogP contribution in [0.25, 0.3) is 0 Å². The van der Waals surface area contributed by atoms with Gasteiger partial charge in [0.05, 0.1) is 7.11 Å². The van der Waals surface area contributed by atoms with E-state index in [1.807, 2.05) is 12.1 Å². The maximum Gasteiger partial charge on any atom is 0.191 e. The lowest BCUT2D eigenvalue weighted by molar-refractivity contribution is 0.414. The molecule has 0 spiro atoms. The van der Waals surface area contributed by atoms with Crippen molar-refractivity contribution in [2.24, 2.45) is 4.99 Å². The van der Waals surface area contributed by atoms with E-state index in [2.05, 4.69) is 41.6 Å². The lowest BCUT2D eigenvalue weighted by Gasteiger charge is -2.10. The Bertz CT molecular complexity index is 418. The van der Waals surface area contributed by atoms with Crippen molar-refractivity contribution in [2.75, 3.05) is 26.7 Å². The number of hydrogen-bond donors (Lipinski definition) is 2. The average Bonchev–Trinajstić information content (AvgIpc) is 2.52. The van der Waals surface area contributed by atoms with Crippen LogP contribution in [0.15, 0.2) is 29.3 Å². The van der Waals surface area contributed by atoms with Crippen molar-refractivity contribution in [3.8, 4) is 5.75 Å². The van der Waals surface area contributed by atoms with E-state index in [9.17, 15) is 0 Å². The van der Waals surface area contributed by atoms with E-state index < -0.39 is 0 Å². The predicted octanol–water partition coefficient (Wildman–Crippen LogP) is 2.98. The zero-order valence-electron chi connectivity index (χ0n) is 13.6. The molecule has 0 saturated carbocycles. The molecule has 0 saturated heterocycles. The zero-order valence-corrected chi connectivity index (χ0v) is 13.6. The number of unbranched alkanes of at least 4 members (excludes halogenated alkanes) is 1. The number of rotatable bonds is 9. The largest absolute Gasteiger partial charge is 0.497 e. The molecule has 2 N–H and O–H groups in total. The van der Waals surface area contributed by atoms with Gasteiger partial charge in [-0.15, -0.1) is 0 Å². The van der Waals surface area contributed by atoms with Gasteiger partial charge in [0.25, 0.3) is 0 Å². The highest BCUT2D eigenvalue weighted by Gasteiger charge is 1.98. The Morgan fingerprint density at radius 1 is 1.19 bits per heavy atom. The standard InChI is InChI=1S/C17H29N3O/c1-4-6-12-19-17(18-5-2)20-13-8-10-15-9-7-11-16(14-15)21-3/h7,9,11,14H,4-6,8,10,12-13H2,1-3H3,(H2,18,19,20). The van der Waals surface area contributed by atoms with Crippen LogP contribution in [0.2, 0.25) is 0 Å². The SMILES string of the molecule is CCCCNC(=NCCCc1cccc(OC)c1)NCC. The van der Waals surface area contributed by atoms with Crippen molar-refractivity contribution in [2.45, 2.75) is 39.5 Å². The molecule has 1 aromatic rings. The summed E-state index contributed by atoms with van der Waals surface area (Å²) in [5.74, 6) is 1.85. The second kappa shape index (κ2) is 11.0. The van der Waals surface area contributed by atoms with E-state index in [1.165, 1.54) is 18.4 Å². The molecule has 0 heterocycles. The van der Waals surface area contributed by atoms with Crippen LogP contribution in [-0.4, -0.2) is 32.7 Å². The Morgan fingerprint density at radius 2 is 2.05 bits per heavy atom. The monoisotopic (exact) mass is 291 g/mol. The summed E-state index contributed by atoms with van der Waals surface area (Å²) in [6.07, 6.45) is 4.43. The Hall–Kier alpha value is -1.71. The van der Waals surface area contributed by atoms with Crippen LogP contribution in [-0.2, 0) is 6.42 Å². The first-order chi connectivity index (χ1) is 10.3. The number of benzene rings is 1. The van der Waals surface area contributed by atoms with Gasteiger partial charge in [0.15, 0.2) is 5.96 Å². The molecule has 0 bridgehead atoms. The molecule has 0 unspecified atom stereocenters. The molecule has 0 aliphatic heterocycles. The molecule has 0 aromatic heterocycles. The Balaban J connectivity index is 2.35. The van der Waals surface area contributed by atoms with E-state index >= 15 is 0 Å². The summed E-state index contributed by atoms with van der Waals surface area (Å²) >= 11 is 0. The lowest BCUT2D eigenvalue weighted by atomic mass is 10.1. The molecule has 118 valence electrons. The summed E-state index contributed by atoms with van der Waals surface area (Å²) in [4.78, 5) is 4.61. The van der Waals surface area contributed by atoms with Gasteiger partial charge in [0.2, 0.25) is 0 Å². The van der Waals surface area contributed by atoms with Crippen molar-refractivity contribution in [3.05, 3.63) is 29.8 Å². The minimum absolute atomic E-state index is 0.832. The summed E-state index contributed by atoms with van der Waals surface area (Å²) in [5, 5.41) is 6.63. The number of aryl methyl sites for hydroxylation is 1. The lowest BCUT2D eigenvalue weighted by Crippen LogP contribution is -2.37. The molecule has 0 radical (unpaired) electrons. The fraction of sp³-hybridized carbons (Fsp3) is 0.588. The Morgan fingerprint density at radius 3 is 2.76 bits per heavy atom. The van der Waals surface area contributed by atoms with Crippen molar-refractivity contribution in [1.82, 2.24) is 10.6 Å². The molecular weight excluding hydrogens is 262 g/mol. The van der Waals surface area contributed by atoms with Gasteiger partial charge in [0.1, 0.15) is 5.75 Å². The molecule has 0 amide bonds. The summed E-state index contributed by atoms with van der Waals surface area (Å²) in [6.45, 7) is 7.00. The molecule has 0 aliphatic rings. The van der Waals surface area contributed by atoms with Crippen LogP contribution in [0.1, 0.15) is 38.7 Å². The normalized spacial score (nSPS) is 11.3. The first-order valence-corrected chi connectivity index (χ1v) is 7.95. The van der Waals surface area contributed by atoms with Crippen LogP contribution in [0.5, 0.6) is 5.75 Å². The third-order valence-corrected chi connectivity index (χ3v) is 3.19. The maximum atomic E-state index is 5.24. The third kappa shape index (κ3) is 7.59. The number of guanidine groups is 1. The third-order valence-electron chi connectivity index (χ3n) is 3.19. The molecule has 0 fully saturated rings. The summed E-state index contributed by atoms with van der Waals surface area (Å²) in [6, 6.07) is 8.24. The molecule has 21 heavy (non-hydrogen) atoms. The second-order valence-electron chi connectivity index (χ2n) is 5.00. The number of nitrogens with one attached hydrogen (secondary N) is 2. The number of nitrogens with zero attached hydrogens (tertiary/aromatic N) is 1. The van der Waals surface area contributed by atoms with Crippen molar-refractivity contribution >= 4 is 5.96 Å². The van der Waals surface area contributed by atoms with Crippen LogP contribution < -0.4 is 15.4 Å². The minimum Gasteiger partial charge on any atom is -0.497 e. The highest BCUT2D eigenvalue weighted by Crippen LogP contribution is 2.13. The fourth-order valence-electron chi connectivity index (χ4n) is 2.03. The first-order valence-electron chi connectivity index (χ1n) is 7.95. The van der Waals surface area contributed by atoms with Crippen LogP contribution in [0, 0.1) is 0 Å². The molecule has 0 atom stereocenters. The quantitative estimate of drug-likeness (QED) is 0.418. The number of methoxy groups -OCH3 is 1. The van der Waals surface area contributed by atoms with Gasteiger partial charge in [0, 0.05) is 19.6 Å². The number of aliphatic imine (C=N–C) groups is 1. The van der Waals surface area contributed by atoms with Crippen LogP contribution in [0.4, 0.5) is 0 Å². The van der Waals surface area contributed by atoms with Crippen molar-refractivity contribution in [1.29, 1.82) is 0 Å². The van der Waals surface area contributed by atoms with Gasteiger partial charge in [-0.3, -0.25) is 4.99 Å². The second-order valence-corrected chi connectivity index (χ2v) is 5.00. The van der Waals surface area contributed by atoms with Crippen LogP contribution >= 0.6 is 0 Å². The highest BCUT2D eigenvalue weighted by molar-refractivity contribution is 5.79. The van der Waals surface area contributed by atoms with Gasteiger partial charge in [-0.2, -0.15) is 0 Å². The van der Waals surface area contributed by atoms with Gasteiger partial charge in [-0.05, 0) is 43.9 Å². The molecule has 1 aromatic carbocycles. The predicted molar refractivity (Wildman–Crippen MR) is 90.2 cm³/mol. The summed E-state index contributed by atoms with van der Waals surface area (Å²) < 4.78 is 5.24. The van der Waals surface area contributed by atoms with E-state index in [0.717, 1.165) is 44.2 Å². The molecule has 4 heteroatoms. The molecule has 0 aliphatic carbocycles. The zero-order chi connectivity index (χ0) is 15.3. The van der Waals surface area contributed by atoms with Crippen LogP contribution in [0.3, 0.4) is 0 Å².